The number of anilines is 1. The normalized spacial score (nSPS) is 17.4. The third kappa shape index (κ3) is 3.46. The van der Waals surface area contributed by atoms with E-state index < -0.39 is 27.2 Å². The molecule has 3 N–H and O–H groups in total. The van der Waals surface area contributed by atoms with Gasteiger partial charge in [0.1, 0.15) is 15.4 Å². The Morgan fingerprint density at radius 3 is 2.81 bits per heavy atom. The number of nitrogens with zero attached hydrogens (tertiary/aromatic N) is 2. The monoisotopic (exact) mass is 403 g/mol. The van der Waals surface area contributed by atoms with E-state index in [2.05, 4.69) is 20.0 Å². The minimum absolute atomic E-state index is 0.288. The highest BCUT2D eigenvalue weighted by Gasteiger charge is 2.37. The summed E-state index contributed by atoms with van der Waals surface area (Å²) < 4.78 is 27.4. The number of urea groups is 1. The summed E-state index contributed by atoms with van der Waals surface area (Å²) in [5, 5.41) is 3.54. The number of hydrogen-bond donors (Lipinski definition) is 3. The van der Waals surface area contributed by atoms with Gasteiger partial charge in [-0.2, -0.15) is 0 Å². The fourth-order valence-electron chi connectivity index (χ4n) is 2.61. The second-order valence-electron chi connectivity index (χ2n) is 5.76. The molecule has 1 unspecified atom stereocenters. The minimum Gasteiger partial charge on any atom is -0.336 e. The molecular formula is C16H13N5O4S2. The van der Waals surface area contributed by atoms with E-state index >= 15 is 0 Å². The molecule has 138 valence electrons. The van der Waals surface area contributed by atoms with Crippen LogP contribution in [-0.2, 0) is 14.8 Å². The Labute approximate surface area is 157 Å². The molecule has 27 heavy (non-hydrogen) atoms. The number of carbonyl (C=O) groups excluding carboxylic acids is 2. The van der Waals surface area contributed by atoms with Gasteiger partial charge in [-0.3, -0.25) is 14.8 Å². The molecule has 3 amide bonds. The highest BCUT2D eigenvalue weighted by molar-refractivity contribution is 7.94. The van der Waals surface area contributed by atoms with Gasteiger partial charge in [-0.15, -0.1) is 0 Å². The smallest absolute Gasteiger partial charge is 0.321 e. The van der Waals surface area contributed by atoms with Crippen molar-refractivity contribution in [2.45, 2.75) is 5.25 Å². The predicted octanol–water partition coefficient (Wildman–Crippen LogP) is 1.31. The number of amides is 3. The largest absolute Gasteiger partial charge is 0.336 e. The lowest BCUT2D eigenvalue weighted by atomic mass is 10.2. The van der Waals surface area contributed by atoms with Gasteiger partial charge < -0.3 is 5.32 Å². The maximum Gasteiger partial charge on any atom is 0.321 e. The van der Waals surface area contributed by atoms with Crippen LogP contribution in [0.3, 0.4) is 0 Å². The van der Waals surface area contributed by atoms with Gasteiger partial charge in [0.2, 0.25) is 15.9 Å². The van der Waals surface area contributed by atoms with Crippen molar-refractivity contribution in [2.24, 2.45) is 0 Å². The van der Waals surface area contributed by atoms with Crippen LogP contribution < -0.4 is 15.4 Å². The zero-order chi connectivity index (χ0) is 19.0. The van der Waals surface area contributed by atoms with Crippen molar-refractivity contribution in [3.8, 4) is 10.6 Å². The van der Waals surface area contributed by atoms with E-state index in [0.717, 1.165) is 15.9 Å². The van der Waals surface area contributed by atoms with E-state index in [-0.39, 0.29) is 6.54 Å². The first-order valence-electron chi connectivity index (χ1n) is 7.85. The van der Waals surface area contributed by atoms with Gasteiger partial charge >= 0.3 is 6.03 Å². The Kier molecular flexibility index (Phi) is 4.24. The first kappa shape index (κ1) is 17.4. The topological polar surface area (TPSA) is 130 Å². The highest BCUT2D eigenvalue weighted by atomic mass is 32.2. The number of nitrogens with one attached hydrogen (secondary N) is 3. The molecule has 0 radical (unpaired) electrons. The Balaban J connectivity index is 1.61. The number of pyridine rings is 1. The van der Waals surface area contributed by atoms with Crippen LogP contribution >= 0.6 is 11.3 Å². The molecule has 1 fully saturated rings. The first-order chi connectivity index (χ1) is 12.9. The molecule has 11 heteroatoms. The lowest BCUT2D eigenvalue weighted by molar-refractivity contribution is -0.120. The molecule has 2 aromatic heterocycles. The Bertz CT molecular complexity index is 1130. The molecule has 3 aromatic rings. The molecule has 1 aromatic carbocycles. The predicted molar refractivity (Wildman–Crippen MR) is 101 cm³/mol. The third-order valence-corrected chi connectivity index (χ3v) is 6.57. The quantitative estimate of drug-likeness (QED) is 0.602. The molecule has 0 spiro atoms. The SMILES string of the molecule is O=C1NCC(S(=O)(=O)Nc2cccc(-c3nc4cccnc4s3)c2)C(=O)N1. The molecule has 1 saturated heterocycles. The molecule has 0 bridgehead atoms. The van der Waals surface area contributed by atoms with Crippen LogP contribution in [0.2, 0.25) is 0 Å². The molecule has 1 aliphatic heterocycles. The van der Waals surface area contributed by atoms with E-state index in [1.807, 2.05) is 17.4 Å². The third-order valence-electron chi connectivity index (χ3n) is 3.89. The average Bonchev–Trinajstić information content (AvgIpc) is 3.05. The van der Waals surface area contributed by atoms with Gasteiger partial charge in [0, 0.05) is 24.0 Å². The second kappa shape index (κ2) is 6.59. The van der Waals surface area contributed by atoms with Gasteiger partial charge in [-0.05, 0) is 24.3 Å². The summed E-state index contributed by atoms with van der Waals surface area (Å²) in [5.41, 5.74) is 1.78. The number of sulfonamides is 1. The lowest BCUT2D eigenvalue weighted by Gasteiger charge is -2.22. The molecule has 1 aliphatic rings. The fourth-order valence-corrected chi connectivity index (χ4v) is 4.75. The fraction of sp³-hybridized carbons (Fsp3) is 0.125. The summed E-state index contributed by atoms with van der Waals surface area (Å²) in [4.78, 5) is 32.5. The van der Waals surface area contributed by atoms with E-state index in [0.29, 0.717) is 10.7 Å². The molecule has 4 rings (SSSR count). The molecule has 3 heterocycles. The van der Waals surface area contributed by atoms with Gasteiger partial charge in [0.05, 0.1) is 0 Å². The summed E-state index contributed by atoms with van der Waals surface area (Å²) in [6, 6.07) is 9.65. The molecule has 9 nitrogen and oxygen atoms in total. The Morgan fingerprint density at radius 1 is 1.19 bits per heavy atom. The Hall–Kier alpha value is -3.05. The van der Waals surface area contributed by atoms with Crippen LogP contribution in [0.15, 0.2) is 42.6 Å². The van der Waals surface area contributed by atoms with Crippen LogP contribution in [0.5, 0.6) is 0 Å². The maximum absolute atomic E-state index is 12.5. The number of fused-ring (bicyclic) bond motifs is 1. The number of rotatable bonds is 4. The molecule has 1 atom stereocenters. The van der Waals surface area contributed by atoms with Crippen molar-refractivity contribution in [3.05, 3.63) is 42.6 Å². The second-order valence-corrected chi connectivity index (χ2v) is 8.60. The molecular weight excluding hydrogens is 390 g/mol. The van der Waals surface area contributed by atoms with Crippen LogP contribution in [0.25, 0.3) is 20.9 Å². The lowest BCUT2D eigenvalue weighted by Crippen LogP contribution is -2.58. The average molecular weight is 403 g/mol. The van der Waals surface area contributed by atoms with Crippen LogP contribution in [0.1, 0.15) is 0 Å². The van der Waals surface area contributed by atoms with Gasteiger partial charge in [-0.25, -0.2) is 23.2 Å². The summed E-state index contributed by atoms with van der Waals surface area (Å²) >= 11 is 1.39. The highest BCUT2D eigenvalue weighted by Crippen LogP contribution is 2.30. The number of hydrogen-bond acceptors (Lipinski definition) is 7. The van der Waals surface area contributed by atoms with Crippen molar-refractivity contribution in [2.75, 3.05) is 11.3 Å². The van der Waals surface area contributed by atoms with E-state index in [9.17, 15) is 18.0 Å². The van der Waals surface area contributed by atoms with E-state index in [4.69, 9.17) is 0 Å². The summed E-state index contributed by atoms with van der Waals surface area (Å²) in [5.74, 6) is -0.861. The van der Waals surface area contributed by atoms with Crippen LogP contribution in [0, 0.1) is 0 Å². The maximum atomic E-state index is 12.5. The van der Waals surface area contributed by atoms with Crippen molar-refractivity contribution >= 4 is 49.3 Å². The standard InChI is InChI=1S/C16H13N5O4S2/c22-13-12(8-18-16(23)20-13)27(24,25)21-10-4-1-3-9(7-10)14-19-11-5-2-6-17-15(11)26-14/h1-7,12,21H,8H2,(H2,18,20,22,23). The first-order valence-corrected chi connectivity index (χ1v) is 10.2. The Morgan fingerprint density at radius 2 is 2.04 bits per heavy atom. The zero-order valence-electron chi connectivity index (χ0n) is 13.7. The summed E-state index contributed by atoms with van der Waals surface area (Å²) in [7, 11) is -4.04. The van der Waals surface area contributed by atoms with Crippen molar-refractivity contribution in [1.82, 2.24) is 20.6 Å². The number of benzene rings is 1. The number of carbonyl (C=O) groups is 2. The van der Waals surface area contributed by atoms with E-state index in [1.165, 1.54) is 11.3 Å². The molecule has 0 saturated carbocycles. The van der Waals surface area contributed by atoms with Gasteiger partial charge in [-0.1, -0.05) is 23.5 Å². The van der Waals surface area contributed by atoms with Crippen molar-refractivity contribution < 1.29 is 18.0 Å². The van der Waals surface area contributed by atoms with E-state index in [1.54, 1.807) is 30.5 Å². The van der Waals surface area contributed by atoms with Crippen LogP contribution in [-0.4, -0.2) is 42.1 Å². The number of imide groups is 1. The summed E-state index contributed by atoms with van der Waals surface area (Å²) in [6.07, 6.45) is 1.68. The summed E-state index contributed by atoms with van der Waals surface area (Å²) in [6.45, 7) is -0.288. The molecule has 0 aliphatic carbocycles. The minimum atomic E-state index is -4.04. The van der Waals surface area contributed by atoms with Crippen LogP contribution in [0.4, 0.5) is 10.5 Å². The van der Waals surface area contributed by atoms with Crippen molar-refractivity contribution in [1.29, 1.82) is 0 Å². The number of aromatic nitrogens is 2. The number of thiazole rings is 1. The zero-order valence-corrected chi connectivity index (χ0v) is 15.3. The van der Waals surface area contributed by atoms with Gasteiger partial charge in [0.25, 0.3) is 0 Å². The van der Waals surface area contributed by atoms with Gasteiger partial charge in [0.15, 0.2) is 5.25 Å². The van der Waals surface area contributed by atoms with Crippen molar-refractivity contribution in [3.63, 3.8) is 0 Å².